The number of ether oxygens (including phenoxy) is 6. The number of rotatable bonds is 12. The van der Waals surface area contributed by atoms with Gasteiger partial charge in [-0.25, -0.2) is 0 Å². The first-order valence-corrected chi connectivity index (χ1v) is 13.0. The van der Waals surface area contributed by atoms with E-state index in [1.165, 1.54) is 6.92 Å². The van der Waals surface area contributed by atoms with Crippen LogP contribution in [0.25, 0.3) is 0 Å². The molecule has 0 aromatic heterocycles. The monoisotopic (exact) mass is 606 g/mol. The van der Waals surface area contributed by atoms with E-state index < -0.39 is 137 Å². The van der Waals surface area contributed by atoms with Crippen molar-refractivity contribution in [3.63, 3.8) is 0 Å². The van der Waals surface area contributed by atoms with Crippen LogP contribution in [0.5, 0.6) is 0 Å². The third kappa shape index (κ3) is 7.87. The van der Waals surface area contributed by atoms with Gasteiger partial charge in [-0.3, -0.25) is 0 Å². The second kappa shape index (κ2) is 14.8. The van der Waals surface area contributed by atoms with Gasteiger partial charge in [-0.05, 0) is 0 Å². The summed E-state index contributed by atoms with van der Waals surface area (Å²) in [6, 6.07) is 0. The van der Waals surface area contributed by atoms with Gasteiger partial charge in [-0.1, -0.05) is 6.92 Å². The first-order chi connectivity index (χ1) is 19.3. The molecule has 0 saturated carbocycles. The second-order valence-electron chi connectivity index (χ2n) is 10.8. The quantitative estimate of drug-likeness (QED) is 0.0981. The fourth-order valence-electron chi connectivity index (χ4n) is 4.59. The number of hydrogen-bond donors (Lipinski definition) is 12. The lowest BCUT2D eigenvalue weighted by Crippen LogP contribution is -2.61. The van der Waals surface area contributed by atoms with Crippen molar-refractivity contribution in [3.8, 4) is 0 Å². The molecule has 3 saturated heterocycles. The van der Waals surface area contributed by atoms with Crippen LogP contribution in [0.3, 0.4) is 0 Å². The molecule has 3 fully saturated rings. The molecule has 41 heavy (non-hydrogen) atoms. The molecule has 3 heterocycles. The average Bonchev–Trinajstić information content (AvgIpc) is 2.96. The van der Waals surface area contributed by atoms with Gasteiger partial charge in [-0.2, -0.15) is 0 Å². The Hall–Kier alpha value is -0.720. The first kappa shape index (κ1) is 34.8. The zero-order valence-electron chi connectivity index (χ0n) is 22.2. The van der Waals surface area contributed by atoms with Gasteiger partial charge in [0, 0.05) is 5.41 Å². The van der Waals surface area contributed by atoms with Gasteiger partial charge < -0.3 is 89.7 Å². The standard InChI is InChI=1S/C23H42O18/c1-23(5-36-20-17(33)14(30)11(27)8(2-24)39-20,6-37-21-18(34)15(31)12(28)9(3-25)40-21)7-38-22-19(35)16(32)13(29)10(4-26)41-22/h8-22,24-35H,2-7H2,1H3/t8?,9?,10?,11-,12-,13-,14-,15-,16-,17?,18?,19?,20+,21+,22+,23?/m0/s1. The van der Waals surface area contributed by atoms with Crippen LogP contribution < -0.4 is 0 Å². The van der Waals surface area contributed by atoms with E-state index in [4.69, 9.17) is 28.4 Å². The minimum atomic E-state index is -1.74. The SMILES string of the molecule is CC(CO[C@@H]1OC(CO)[C@H](O)[C@H](O)C1O)(CO[C@@H]1OC(CO)[C@H](O)[C@H](O)C1O)CO[C@@H]1OC(CO)[C@H](O)[C@H](O)C1O. The van der Waals surface area contributed by atoms with E-state index in [9.17, 15) is 61.3 Å². The maximum absolute atomic E-state index is 10.3. The van der Waals surface area contributed by atoms with Crippen molar-refractivity contribution in [2.24, 2.45) is 5.41 Å². The van der Waals surface area contributed by atoms with E-state index >= 15 is 0 Å². The van der Waals surface area contributed by atoms with Crippen LogP contribution in [0, 0.1) is 5.41 Å². The smallest absolute Gasteiger partial charge is 0.186 e. The Morgan fingerprint density at radius 3 is 0.902 bits per heavy atom. The number of aliphatic hydroxyl groups is 12. The van der Waals surface area contributed by atoms with E-state index in [1.54, 1.807) is 0 Å². The molecule has 12 N–H and O–H groups in total. The van der Waals surface area contributed by atoms with Gasteiger partial charge in [0.25, 0.3) is 0 Å². The van der Waals surface area contributed by atoms with Crippen LogP contribution in [-0.2, 0) is 28.4 Å². The van der Waals surface area contributed by atoms with E-state index in [-0.39, 0.29) is 0 Å². The zero-order valence-corrected chi connectivity index (χ0v) is 22.2. The predicted octanol–water partition coefficient (Wildman–Crippen LogP) is -7.56. The summed E-state index contributed by atoms with van der Waals surface area (Å²) in [5.41, 5.74) is -1.34. The predicted molar refractivity (Wildman–Crippen MR) is 127 cm³/mol. The van der Waals surface area contributed by atoms with E-state index in [2.05, 4.69) is 0 Å². The Balaban J connectivity index is 1.73. The van der Waals surface area contributed by atoms with Crippen molar-refractivity contribution in [1.82, 2.24) is 0 Å². The highest BCUT2D eigenvalue weighted by molar-refractivity contribution is 4.92. The van der Waals surface area contributed by atoms with Crippen molar-refractivity contribution >= 4 is 0 Å². The highest BCUT2D eigenvalue weighted by Gasteiger charge is 2.48. The van der Waals surface area contributed by atoms with E-state index in [1.807, 2.05) is 0 Å². The summed E-state index contributed by atoms with van der Waals surface area (Å²) in [5.74, 6) is 0. The van der Waals surface area contributed by atoms with Crippen LogP contribution in [0.1, 0.15) is 6.92 Å². The van der Waals surface area contributed by atoms with Gasteiger partial charge in [0.1, 0.15) is 73.2 Å². The van der Waals surface area contributed by atoms with Gasteiger partial charge >= 0.3 is 0 Å². The van der Waals surface area contributed by atoms with Gasteiger partial charge in [0.05, 0.1) is 39.6 Å². The summed E-state index contributed by atoms with van der Waals surface area (Å²) in [6.45, 7) is -1.90. The summed E-state index contributed by atoms with van der Waals surface area (Å²) in [4.78, 5) is 0. The minimum absolute atomic E-state index is 0.426. The third-order valence-corrected chi connectivity index (χ3v) is 7.33. The van der Waals surface area contributed by atoms with E-state index in [0.29, 0.717) is 0 Å². The molecule has 3 rings (SSSR count). The molecule has 15 atom stereocenters. The first-order valence-electron chi connectivity index (χ1n) is 13.0. The molecular formula is C23H42O18. The van der Waals surface area contributed by atoms with Gasteiger partial charge in [-0.15, -0.1) is 0 Å². The molecular weight excluding hydrogens is 564 g/mol. The van der Waals surface area contributed by atoms with E-state index in [0.717, 1.165) is 0 Å². The molecule has 0 radical (unpaired) electrons. The Morgan fingerprint density at radius 2 is 0.683 bits per heavy atom. The average molecular weight is 607 g/mol. The fraction of sp³-hybridized carbons (Fsp3) is 1.00. The number of hydrogen-bond acceptors (Lipinski definition) is 18. The van der Waals surface area contributed by atoms with Gasteiger partial charge in [0.2, 0.25) is 0 Å². The summed E-state index contributed by atoms with van der Waals surface area (Å²) in [5, 5.41) is 119. The molecule has 0 aromatic rings. The summed E-state index contributed by atoms with van der Waals surface area (Å²) < 4.78 is 32.9. The lowest BCUT2D eigenvalue weighted by molar-refractivity contribution is -0.329. The molecule has 3 aliphatic heterocycles. The topological polar surface area (TPSA) is 298 Å². The molecule has 0 aliphatic carbocycles. The molecule has 0 aromatic carbocycles. The second-order valence-corrected chi connectivity index (χ2v) is 10.8. The van der Waals surface area contributed by atoms with Crippen LogP contribution in [0.2, 0.25) is 0 Å². The Morgan fingerprint density at radius 1 is 0.439 bits per heavy atom. The van der Waals surface area contributed by atoms with Crippen LogP contribution in [0.4, 0.5) is 0 Å². The van der Waals surface area contributed by atoms with Crippen molar-refractivity contribution in [1.29, 1.82) is 0 Å². The molecule has 242 valence electrons. The van der Waals surface area contributed by atoms with Crippen LogP contribution in [0.15, 0.2) is 0 Å². The lowest BCUT2D eigenvalue weighted by Gasteiger charge is -2.43. The maximum atomic E-state index is 10.3. The van der Waals surface area contributed by atoms with Crippen molar-refractivity contribution in [2.45, 2.75) is 99.0 Å². The molecule has 18 nitrogen and oxygen atoms in total. The maximum Gasteiger partial charge on any atom is 0.186 e. The third-order valence-electron chi connectivity index (χ3n) is 7.33. The van der Waals surface area contributed by atoms with Crippen molar-refractivity contribution < 1.29 is 89.7 Å². The van der Waals surface area contributed by atoms with Crippen LogP contribution >= 0.6 is 0 Å². The highest BCUT2D eigenvalue weighted by atomic mass is 16.7. The summed E-state index contributed by atoms with van der Waals surface area (Å²) in [7, 11) is 0. The van der Waals surface area contributed by atoms with Gasteiger partial charge in [0.15, 0.2) is 18.9 Å². The van der Waals surface area contributed by atoms with Crippen molar-refractivity contribution in [2.75, 3.05) is 39.6 Å². The number of aliphatic hydroxyl groups excluding tert-OH is 12. The molecule has 0 amide bonds. The minimum Gasteiger partial charge on any atom is -0.394 e. The van der Waals surface area contributed by atoms with Crippen molar-refractivity contribution in [3.05, 3.63) is 0 Å². The Labute approximate surface area is 234 Å². The Bertz CT molecular complexity index is 688. The zero-order chi connectivity index (χ0) is 30.6. The molecule has 0 bridgehead atoms. The molecule has 3 aliphatic rings. The van der Waals surface area contributed by atoms with Crippen LogP contribution in [-0.4, -0.2) is 193 Å². The molecule has 0 spiro atoms. The molecule has 6 unspecified atom stereocenters. The highest BCUT2D eigenvalue weighted by Crippen LogP contribution is 2.30. The largest absolute Gasteiger partial charge is 0.394 e. The fourth-order valence-corrected chi connectivity index (χ4v) is 4.59. The Kier molecular flexibility index (Phi) is 12.6. The lowest BCUT2D eigenvalue weighted by atomic mass is 9.93. The summed E-state index contributed by atoms with van der Waals surface area (Å²) in [6.07, 6.45) is -23.8. The summed E-state index contributed by atoms with van der Waals surface area (Å²) >= 11 is 0. The normalized spacial score (nSPS) is 47.2. The molecule has 18 heteroatoms.